The van der Waals surface area contributed by atoms with Crippen molar-refractivity contribution in [1.82, 2.24) is 0 Å². The Morgan fingerprint density at radius 2 is 2.29 bits per heavy atom. The van der Waals surface area contributed by atoms with Gasteiger partial charge in [0.1, 0.15) is 0 Å². The molecule has 1 aliphatic rings. The number of ether oxygens (including phenoxy) is 1. The molecule has 0 heterocycles. The van der Waals surface area contributed by atoms with Crippen LogP contribution < -0.4 is 0 Å². The monoisotopic (exact) mass is 194 g/mol. The quantitative estimate of drug-likeness (QED) is 0.421. The van der Waals surface area contributed by atoms with Crippen LogP contribution in [0.3, 0.4) is 0 Å². The standard InChI is InChI=1S/C13H22O/c1-2-11-14-12-7-3-4-8-13-9-5-6-10-13/h2,9H,1,3-8,10-12H2. The molecule has 0 aliphatic heterocycles. The first kappa shape index (κ1) is 11.5. The maximum atomic E-state index is 5.32. The molecule has 0 aromatic heterocycles. The average Bonchev–Trinajstić information content (AvgIpc) is 2.69. The van der Waals surface area contributed by atoms with Crippen LogP contribution in [0.15, 0.2) is 24.3 Å². The van der Waals surface area contributed by atoms with E-state index >= 15 is 0 Å². The van der Waals surface area contributed by atoms with E-state index in [0.29, 0.717) is 6.61 Å². The molecule has 0 bridgehead atoms. The summed E-state index contributed by atoms with van der Waals surface area (Å²) in [5.74, 6) is 0. The molecule has 0 radical (unpaired) electrons. The Morgan fingerprint density at radius 3 is 3.00 bits per heavy atom. The molecule has 0 spiro atoms. The highest BCUT2D eigenvalue weighted by Gasteiger charge is 2.03. The van der Waals surface area contributed by atoms with Gasteiger partial charge in [0, 0.05) is 6.61 Å². The SMILES string of the molecule is C=CCOCCCCCC1=CCCC1. The number of hydrogen-bond acceptors (Lipinski definition) is 1. The number of unbranched alkanes of at least 4 members (excludes halogenated alkanes) is 2. The molecule has 0 saturated heterocycles. The van der Waals surface area contributed by atoms with Gasteiger partial charge in [-0.05, 0) is 38.5 Å². The highest BCUT2D eigenvalue weighted by molar-refractivity contribution is 5.06. The molecule has 0 N–H and O–H groups in total. The lowest BCUT2D eigenvalue weighted by Crippen LogP contribution is -1.94. The zero-order valence-electron chi connectivity index (χ0n) is 9.13. The molecule has 80 valence electrons. The van der Waals surface area contributed by atoms with E-state index in [1.165, 1.54) is 44.9 Å². The lowest BCUT2D eigenvalue weighted by atomic mass is 10.1. The summed E-state index contributed by atoms with van der Waals surface area (Å²) in [4.78, 5) is 0. The molecule has 0 aromatic carbocycles. The molecule has 1 rings (SSSR count). The van der Waals surface area contributed by atoms with Crippen LogP contribution in [0.1, 0.15) is 44.9 Å². The highest BCUT2D eigenvalue weighted by Crippen LogP contribution is 2.22. The molecule has 1 heteroatoms. The maximum absolute atomic E-state index is 5.32. The number of allylic oxidation sites excluding steroid dienone is 2. The third-order valence-corrected chi connectivity index (χ3v) is 2.66. The van der Waals surface area contributed by atoms with Crippen molar-refractivity contribution in [3.05, 3.63) is 24.3 Å². The molecule has 1 nitrogen and oxygen atoms in total. The van der Waals surface area contributed by atoms with E-state index in [1.54, 1.807) is 5.57 Å². The summed E-state index contributed by atoms with van der Waals surface area (Å²) in [6, 6.07) is 0. The van der Waals surface area contributed by atoms with Gasteiger partial charge in [-0.3, -0.25) is 0 Å². The summed E-state index contributed by atoms with van der Waals surface area (Å²) in [6.07, 6.45) is 13.4. The van der Waals surface area contributed by atoms with Crippen LogP contribution in [0.4, 0.5) is 0 Å². The molecule has 0 amide bonds. The lowest BCUT2D eigenvalue weighted by Gasteiger charge is -2.02. The zero-order valence-corrected chi connectivity index (χ0v) is 9.13. The van der Waals surface area contributed by atoms with Gasteiger partial charge in [-0.15, -0.1) is 6.58 Å². The molecule has 0 aromatic rings. The van der Waals surface area contributed by atoms with E-state index in [1.807, 2.05) is 6.08 Å². The second-order valence-corrected chi connectivity index (χ2v) is 3.93. The van der Waals surface area contributed by atoms with Gasteiger partial charge in [0.15, 0.2) is 0 Å². The minimum absolute atomic E-state index is 0.700. The molecule has 0 saturated carbocycles. The lowest BCUT2D eigenvalue weighted by molar-refractivity contribution is 0.157. The fraction of sp³-hybridized carbons (Fsp3) is 0.692. The normalized spacial score (nSPS) is 15.6. The Bertz CT molecular complexity index is 182. The smallest absolute Gasteiger partial charge is 0.0644 e. The van der Waals surface area contributed by atoms with Gasteiger partial charge in [-0.25, -0.2) is 0 Å². The van der Waals surface area contributed by atoms with Crippen molar-refractivity contribution in [3.8, 4) is 0 Å². The van der Waals surface area contributed by atoms with Gasteiger partial charge in [-0.2, -0.15) is 0 Å². The van der Waals surface area contributed by atoms with Crippen LogP contribution in [0.5, 0.6) is 0 Å². The first-order chi connectivity index (χ1) is 6.93. The topological polar surface area (TPSA) is 9.23 Å². The van der Waals surface area contributed by atoms with E-state index in [9.17, 15) is 0 Å². The number of hydrogen-bond donors (Lipinski definition) is 0. The summed E-state index contributed by atoms with van der Waals surface area (Å²) in [6.45, 7) is 5.21. The Labute approximate surface area is 87.8 Å². The second-order valence-electron chi connectivity index (χ2n) is 3.93. The molecule has 0 unspecified atom stereocenters. The summed E-state index contributed by atoms with van der Waals surface area (Å²) in [5, 5.41) is 0. The molecule has 0 atom stereocenters. The summed E-state index contributed by atoms with van der Waals surface area (Å²) in [7, 11) is 0. The van der Waals surface area contributed by atoms with Crippen LogP contribution in [-0.2, 0) is 4.74 Å². The van der Waals surface area contributed by atoms with Crippen LogP contribution in [0, 0.1) is 0 Å². The molecule has 0 fully saturated rings. The van der Waals surface area contributed by atoms with Gasteiger partial charge in [-0.1, -0.05) is 24.1 Å². The third-order valence-electron chi connectivity index (χ3n) is 2.66. The van der Waals surface area contributed by atoms with Crippen LogP contribution in [0.2, 0.25) is 0 Å². The fourth-order valence-electron chi connectivity index (χ4n) is 1.86. The van der Waals surface area contributed by atoms with Gasteiger partial charge in [0.2, 0.25) is 0 Å². The Balaban J connectivity index is 1.82. The summed E-state index contributed by atoms with van der Waals surface area (Å²) in [5.41, 5.74) is 1.69. The maximum Gasteiger partial charge on any atom is 0.0644 e. The van der Waals surface area contributed by atoms with E-state index in [-0.39, 0.29) is 0 Å². The van der Waals surface area contributed by atoms with Crippen molar-refractivity contribution in [3.63, 3.8) is 0 Å². The Kier molecular flexibility index (Phi) is 6.42. The van der Waals surface area contributed by atoms with E-state index in [0.717, 1.165) is 6.61 Å². The number of rotatable bonds is 8. The largest absolute Gasteiger partial charge is 0.377 e. The summed E-state index contributed by atoms with van der Waals surface area (Å²) >= 11 is 0. The minimum Gasteiger partial charge on any atom is -0.377 e. The van der Waals surface area contributed by atoms with Crippen molar-refractivity contribution in [2.45, 2.75) is 44.9 Å². The minimum atomic E-state index is 0.700. The van der Waals surface area contributed by atoms with Gasteiger partial charge in [0.25, 0.3) is 0 Å². The first-order valence-electron chi connectivity index (χ1n) is 5.80. The van der Waals surface area contributed by atoms with Crippen molar-refractivity contribution in [2.75, 3.05) is 13.2 Å². The zero-order chi connectivity index (χ0) is 10.1. The Hall–Kier alpha value is -0.560. The van der Waals surface area contributed by atoms with Gasteiger partial charge >= 0.3 is 0 Å². The predicted octanol–water partition coefficient (Wildman–Crippen LogP) is 3.86. The van der Waals surface area contributed by atoms with Crippen molar-refractivity contribution in [1.29, 1.82) is 0 Å². The predicted molar refractivity (Wildman–Crippen MR) is 61.4 cm³/mol. The highest BCUT2D eigenvalue weighted by atomic mass is 16.5. The van der Waals surface area contributed by atoms with Gasteiger partial charge < -0.3 is 4.74 Å². The Morgan fingerprint density at radius 1 is 1.36 bits per heavy atom. The van der Waals surface area contributed by atoms with Crippen LogP contribution >= 0.6 is 0 Å². The second kappa shape index (κ2) is 7.81. The third kappa shape index (κ3) is 5.23. The van der Waals surface area contributed by atoms with E-state index < -0.39 is 0 Å². The van der Waals surface area contributed by atoms with Gasteiger partial charge in [0.05, 0.1) is 6.61 Å². The molecule has 14 heavy (non-hydrogen) atoms. The van der Waals surface area contributed by atoms with Crippen LogP contribution in [-0.4, -0.2) is 13.2 Å². The first-order valence-corrected chi connectivity index (χ1v) is 5.80. The summed E-state index contributed by atoms with van der Waals surface area (Å²) < 4.78 is 5.32. The average molecular weight is 194 g/mol. The van der Waals surface area contributed by atoms with Crippen molar-refractivity contribution in [2.24, 2.45) is 0 Å². The van der Waals surface area contributed by atoms with Crippen molar-refractivity contribution >= 4 is 0 Å². The van der Waals surface area contributed by atoms with Crippen molar-refractivity contribution < 1.29 is 4.74 Å². The molecular weight excluding hydrogens is 172 g/mol. The van der Waals surface area contributed by atoms with E-state index in [4.69, 9.17) is 4.74 Å². The fourth-order valence-corrected chi connectivity index (χ4v) is 1.86. The molecular formula is C13H22O. The molecule has 1 aliphatic carbocycles. The van der Waals surface area contributed by atoms with Crippen LogP contribution in [0.25, 0.3) is 0 Å². The van der Waals surface area contributed by atoms with E-state index in [2.05, 4.69) is 12.7 Å².